The number of hydrogen-bond donors (Lipinski definition) is 2. The standard InChI is InChI=1S/C13H16N4O2/c1-2-19-12-4-3-11(14)5-9(12)7-17-8-10(6-16-17)13(15)18/h3-6,8H,2,7,14H2,1H3,(H2,15,18). The van der Waals surface area contributed by atoms with E-state index in [0.717, 1.165) is 11.3 Å². The van der Waals surface area contributed by atoms with Gasteiger partial charge in [-0.05, 0) is 25.1 Å². The number of amides is 1. The Morgan fingerprint density at radius 2 is 2.26 bits per heavy atom. The van der Waals surface area contributed by atoms with Crippen molar-refractivity contribution in [1.29, 1.82) is 0 Å². The smallest absolute Gasteiger partial charge is 0.251 e. The number of aromatic nitrogens is 2. The van der Waals surface area contributed by atoms with Crippen molar-refractivity contribution in [2.24, 2.45) is 5.73 Å². The summed E-state index contributed by atoms with van der Waals surface area (Å²) in [7, 11) is 0. The molecule has 1 amide bonds. The van der Waals surface area contributed by atoms with Crippen LogP contribution < -0.4 is 16.2 Å². The number of nitrogens with zero attached hydrogens (tertiary/aromatic N) is 2. The van der Waals surface area contributed by atoms with Gasteiger partial charge < -0.3 is 16.2 Å². The van der Waals surface area contributed by atoms with Crippen LogP contribution in [0.4, 0.5) is 5.69 Å². The third-order valence-electron chi connectivity index (χ3n) is 2.63. The minimum atomic E-state index is -0.496. The van der Waals surface area contributed by atoms with Crippen LogP contribution in [0, 0.1) is 0 Å². The van der Waals surface area contributed by atoms with E-state index in [0.29, 0.717) is 24.4 Å². The van der Waals surface area contributed by atoms with Crippen LogP contribution >= 0.6 is 0 Å². The van der Waals surface area contributed by atoms with Crippen LogP contribution in [-0.2, 0) is 6.54 Å². The second-order valence-electron chi connectivity index (χ2n) is 4.09. The van der Waals surface area contributed by atoms with Crippen LogP contribution in [0.5, 0.6) is 5.75 Å². The van der Waals surface area contributed by atoms with E-state index in [1.165, 1.54) is 6.20 Å². The maximum Gasteiger partial charge on any atom is 0.251 e. The van der Waals surface area contributed by atoms with Gasteiger partial charge in [-0.15, -0.1) is 0 Å². The monoisotopic (exact) mass is 260 g/mol. The summed E-state index contributed by atoms with van der Waals surface area (Å²) in [5.74, 6) is 0.261. The van der Waals surface area contributed by atoms with Crippen molar-refractivity contribution in [2.45, 2.75) is 13.5 Å². The minimum Gasteiger partial charge on any atom is -0.494 e. The summed E-state index contributed by atoms with van der Waals surface area (Å²) in [6, 6.07) is 5.44. The van der Waals surface area contributed by atoms with Crippen molar-refractivity contribution in [2.75, 3.05) is 12.3 Å². The summed E-state index contributed by atoms with van der Waals surface area (Å²) in [6.07, 6.45) is 3.04. The summed E-state index contributed by atoms with van der Waals surface area (Å²) in [6.45, 7) is 2.95. The fourth-order valence-electron chi connectivity index (χ4n) is 1.77. The zero-order valence-electron chi connectivity index (χ0n) is 10.7. The molecule has 1 aromatic carbocycles. The molecule has 2 aromatic rings. The van der Waals surface area contributed by atoms with Crippen molar-refractivity contribution >= 4 is 11.6 Å². The first-order valence-corrected chi connectivity index (χ1v) is 5.93. The number of primary amides is 1. The van der Waals surface area contributed by atoms with Crippen molar-refractivity contribution in [3.05, 3.63) is 41.7 Å². The molecule has 0 aliphatic heterocycles. The van der Waals surface area contributed by atoms with E-state index in [2.05, 4.69) is 5.10 Å². The molecule has 0 aliphatic rings. The Bertz CT molecular complexity index is 592. The second kappa shape index (κ2) is 5.43. The summed E-state index contributed by atoms with van der Waals surface area (Å²) in [5, 5.41) is 4.08. The van der Waals surface area contributed by atoms with Gasteiger partial charge in [0.2, 0.25) is 0 Å². The van der Waals surface area contributed by atoms with Crippen LogP contribution in [0.15, 0.2) is 30.6 Å². The van der Waals surface area contributed by atoms with E-state index < -0.39 is 5.91 Å². The number of ether oxygens (including phenoxy) is 1. The van der Waals surface area contributed by atoms with E-state index in [1.807, 2.05) is 19.1 Å². The van der Waals surface area contributed by atoms with Gasteiger partial charge in [-0.2, -0.15) is 5.10 Å². The number of carbonyl (C=O) groups excluding carboxylic acids is 1. The highest BCUT2D eigenvalue weighted by Crippen LogP contribution is 2.22. The molecule has 2 rings (SSSR count). The van der Waals surface area contributed by atoms with E-state index in [9.17, 15) is 4.79 Å². The molecule has 0 saturated carbocycles. The van der Waals surface area contributed by atoms with Crippen molar-refractivity contribution < 1.29 is 9.53 Å². The average molecular weight is 260 g/mol. The molecular formula is C13H16N4O2. The summed E-state index contributed by atoms with van der Waals surface area (Å²) >= 11 is 0. The topological polar surface area (TPSA) is 96.2 Å². The molecule has 0 saturated heterocycles. The summed E-state index contributed by atoms with van der Waals surface area (Å²) in [4.78, 5) is 11.0. The summed E-state index contributed by atoms with van der Waals surface area (Å²) in [5.41, 5.74) is 12.9. The van der Waals surface area contributed by atoms with Gasteiger partial charge >= 0.3 is 0 Å². The molecule has 0 radical (unpaired) electrons. The molecule has 19 heavy (non-hydrogen) atoms. The van der Waals surface area contributed by atoms with E-state index in [4.69, 9.17) is 16.2 Å². The molecule has 1 aromatic heterocycles. The number of hydrogen-bond acceptors (Lipinski definition) is 4. The fourth-order valence-corrected chi connectivity index (χ4v) is 1.77. The van der Waals surface area contributed by atoms with Gasteiger partial charge in [0.25, 0.3) is 5.91 Å². The maximum atomic E-state index is 11.0. The number of nitrogen functional groups attached to an aromatic ring is 1. The normalized spacial score (nSPS) is 10.4. The van der Waals surface area contributed by atoms with Crippen LogP contribution in [-0.4, -0.2) is 22.3 Å². The molecule has 6 heteroatoms. The largest absolute Gasteiger partial charge is 0.494 e. The third-order valence-corrected chi connectivity index (χ3v) is 2.63. The molecule has 0 atom stereocenters. The van der Waals surface area contributed by atoms with Crippen molar-refractivity contribution in [3.63, 3.8) is 0 Å². The second-order valence-corrected chi connectivity index (χ2v) is 4.09. The number of anilines is 1. The number of carbonyl (C=O) groups is 1. The van der Waals surface area contributed by atoms with Crippen LogP contribution in [0.3, 0.4) is 0 Å². The Balaban J connectivity index is 2.25. The van der Waals surface area contributed by atoms with Crippen LogP contribution in [0.25, 0.3) is 0 Å². The molecule has 1 heterocycles. The van der Waals surface area contributed by atoms with Gasteiger partial charge in [-0.25, -0.2) is 0 Å². The Labute approximate surface area is 111 Å². The average Bonchev–Trinajstić information content (AvgIpc) is 2.81. The molecular weight excluding hydrogens is 244 g/mol. The lowest BCUT2D eigenvalue weighted by atomic mass is 10.2. The predicted molar refractivity (Wildman–Crippen MR) is 71.9 cm³/mol. The Morgan fingerprint density at radius 1 is 1.47 bits per heavy atom. The number of benzene rings is 1. The van der Waals surface area contributed by atoms with Gasteiger partial charge in [0, 0.05) is 17.4 Å². The van der Waals surface area contributed by atoms with Crippen molar-refractivity contribution in [3.8, 4) is 5.75 Å². The van der Waals surface area contributed by atoms with E-state index in [1.54, 1.807) is 16.9 Å². The highest BCUT2D eigenvalue weighted by Gasteiger charge is 2.08. The zero-order valence-corrected chi connectivity index (χ0v) is 10.7. The SMILES string of the molecule is CCOc1ccc(N)cc1Cn1cc(C(N)=O)cn1. The predicted octanol–water partition coefficient (Wildman–Crippen LogP) is 1.01. The lowest BCUT2D eigenvalue weighted by Gasteiger charge is -2.11. The first-order chi connectivity index (χ1) is 9.10. The number of nitrogens with two attached hydrogens (primary N) is 2. The molecule has 6 nitrogen and oxygen atoms in total. The molecule has 4 N–H and O–H groups in total. The van der Waals surface area contributed by atoms with Gasteiger partial charge in [0.1, 0.15) is 5.75 Å². The molecule has 0 bridgehead atoms. The van der Waals surface area contributed by atoms with E-state index in [-0.39, 0.29) is 0 Å². The highest BCUT2D eigenvalue weighted by atomic mass is 16.5. The molecule has 0 spiro atoms. The maximum absolute atomic E-state index is 11.0. The zero-order chi connectivity index (χ0) is 13.8. The Kier molecular flexibility index (Phi) is 3.70. The lowest BCUT2D eigenvalue weighted by Crippen LogP contribution is -2.10. The van der Waals surface area contributed by atoms with E-state index >= 15 is 0 Å². The lowest BCUT2D eigenvalue weighted by molar-refractivity contribution is 0.1000. The first-order valence-electron chi connectivity index (χ1n) is 5.93. The van der Waals surface area contributed by atoms with Crippen molar-refractivity contribution in [1.82, 2.24) is 9.78 Å². The highest BCUT2D eigenvalue weighted by molar-refractivity contribution is 5.92. The van der Waals surface area contributed by atoms with Crippen LogP contribution in [0.1, 0.15) is 22.8 Å². The molecule has 0 unspecified atom stereocenters. The quantitative estimate of drug-likeness (QED) is 0.784. The minimum absolute atomic E-state index is 0.377. The summed E-state index contributed by atoms with van der Waals surface area (Å²) < 4.78 is 7.15. The molecule has 0 aliphatic carbocycles. The third kappa shape index (κ3) is 3.04. The number of rotatable bonds is 5. The van der Waals surface area contributed by atoms with Gasteiger partial charge in [-0.1, -0.05) is 0 Å². The molecule has 100 valence electrons. The first kappa shape index (κ1) is 12.9. The van der Waals surface area contributed by atoms with Gasteiger partial charge in [-0.3, -0.25) is 9.48 Å². The Morgan fingerprint density at radius 3 is 2.89 bits per heavy atom. The fraction of sp³-hybridized carbons (Fsp3) is 0.231. The molecule has 0 fully saturated rings. The van der Waals surface area contributed by atoms with Gasteiger partial charge in [0.05, 0.1) is 24.9 Å². The van der Waals surface area contributed by atoms with Crippen LogP contribution in [0.2, 0.25) is 0 Å². The Hall–Kier alpha value is -2.50. The van der Waals surface area contributed by atoms with Gasteiger partial charge in [0.15, 0.2) is 0 Å².